The van der Waals surface area contributed by atoms with Crippen LogP contribution in [0.2, 0.25) is 0 Å². The van der Waals surface area contributed by atoms with Crippen molar-refractivity contribution in [1.82, 2.24) is 0 Å². The van der Waals surface area contributed by atoms with Gasteiger partial charge in [-0.2, -0.15) is 0 Å². The third-order valence-electron chi connectivity index (χ3n) is 3.28. The number of carbonyl (C=O) groups is 1. The maximum Gasteiger partial charge on any atom is 0.338 e. The number of thioether (sulfide) groups is 1. The minimum Gasteiger partial charge on any atom is -0.478 e. The normalized spacial score (nSPS) is 10.7. The van der Waals surface area contributed by atoms with Crippen LogP contribution in [0.4, 0.5) is 5.69 Å². The Morgan fingerprint density at radius 2 is 2.00 bits per heavy atom. The molecule has 0 saturated carbocycles. The highest BCUT2D eigenvalue weighted by molar-refractivity contribution is 7.99. The first kappa shape index (κ1) is 15.9. The number of benzene rings is 1. The summed E-state index contributed by atoms with van der Waals surface area (Å²) in [5.41, 5.74) is 1.14. The number of hydrogen-bond donors (Lipinski definition) is 2. The zero-order chi connectivity index (χ0) is 14.3. The molecule has 0 radical (unpaired) electrons. The average molecular weight is 281 g/mol. The van der Waals surface area contributed by atoms with Crippen LogP contribution < -0.4 is 5.32 Å². The molecule has 0 heterocycles. The van der Waals surface area contributed by atoms with Gasteiger partial charge in [0.1, 0.15) is 0 Å². The molecule has 3 nitrogen and oxygen atoms in total. The molecular formula is C15H23NO2S. The van der Waals surface area contributed by atoms with Crippen LogP contribution in [0.3, 0.4) is 0 Å². The third-order valence-corrected chi connectivity index (χ3v) is 4.22. The monoisotopic (exact) mass is 281 g/mol. The number of aromatic carboxylic acids is 1. The molecule has 19 heavy (non-hydrogen) atoms. The summed E-state index contributed by atoms with van der Waals surface area (Å²) in [4.78, 5) is 12.3. The van der Waals surface area contributed by atoms with Gasteiger partial charge in [-0.1, -0.05) is 39.7 Å². The molecule has 0 spiro atoms. The molecule has 2 N–H and O–H groups in total. The van der Waals surface area contributed by atoms with Crippen molar-refractivity contribution in [3.63, 3.8) is 0 Å². The molecule has 0 bridgehead atoms. The fourth-order valence-electron chi connectivity index (χ4n) is 2.01. The van der Waals surface area contributed by atoms with Gasteiger partial charge >= 0.3 is 5.97 Å². The predicted octanol–water partition coefficient (Wildman–Crippen LogP) is 4.34. The molecule has 4 heteroatoms. The molecule has 1 aromatic rings. The van der Waals surface area contributed by atoms with Crippen LogP contribution in [0, 0.1) is 5.92 Å². The van der Waals surface area contributed by atoms with E-state index in [1.54, 1.807) is 11.8 Å². The summed E-state index contributed by atoms with van der Waals surface area (Å²) in [7, 11) is 0. The second kappa shape index (κ2) is 8.10. The Kier molecular flexibility index (Phi) is 6.78. The summed E-state index contributed by atoms with van der Waals surface area (Å²) < 4.78 is 0. The Hall–Kier alpha value is -1.16. The van der Waals surface area contributed by atoms with E-state index in [1.807, 2.05) is 25.1 Å². The van der Waals surface area contributed by atoms with Crippen molar-refractivity contribution in [3.8, 4) is 0 Å². The van der Waals surface area contributed by atoms with Gasteiger partial charge in [0.25, 0.3) is 0 Å². The van der Waals surface area contributed by atoms with Crippen molar-refractivity contribution in [2.75, 3.05) is 17.6 Å². The number of carboxylic acids is 1. The summed E-state index contributed by atoms with van der Waals surface area (Å²) >= 11 is 1.57. The summed E-state index contributed by atoms with van der Waals surface area (Å²) in [5, 5.41) is 12.7. The lowest BCUT2D eigenvalue weighted by molar-refractivity contribution is 0.0694. The Labute approximate surface area is 119 Å². The minimum absolute atomic E-state index is 0.403. The smallest absolute Gasteiger partial charge is 0.338 e. The maximum atomic E-state index is 11.4. The predicted molar refractivity (Wildman–Crippen MR) is 82.4 cm³/mol. The van der Waals surface area contributed by atoms with Crippen molar-refractivity contribution in [2.45, 2.75) is 38.5 Å². The quantitative estimate of drug-likeness (QED) is 0.696. The van der Waals surface area contributed by atoms with Crippen LogP contribution in [0.5, 0.6) is 0 Å². The van der Waals surface area contributed by atoms with Crippen LogP contribution in [0.1, 0.15) is 44.0 Å². The lowest BCUT2D eigenvalue weighted by atomic mass is 10.0. The fraction of sp³-hybridized carbons (Fsp3) is 0.533. The van der Waals surface area contributed by atoms with Gasteiger partial charge in [0.05, 0.1) is 5.56 Å². The molecule has 0 unspecified atom stereocenters. The Morgan fingerprint density at radius 3 is 2.53 bits per heavy atom. The second-order valence-corrected chi connectivity index (χ2v) is 5.79. The lowest BCUT2D eigenvalue weighted by Gasteiger charge is -2.17. The highest BCUT2D eigenvalue weighted by Crippen LogP contribution is 2.29. The molecule has 0 saturated heterocycles. The van der Waals surface area contributed by atoms with Crippen LogP contribution in [0.15, 0.2) is 23.1 Å². The van der Waals surface area contributed by atoms with Crippen LogP contribution in [0.25, 0.3) is 0 Å². The molecule has 0 aliphatic rings. The van der Waals surface area contributed by atoms with Crippen molar-refractivity contribution in [2.24, 2.45) is 5.92 Å². The molecule has 1 aromatic carbocycles. The van der Waals surface area contributed by atoms with E-state index in [0.717, 1.165) is 35.7 Å². The van der Waals surface area contributed by atoms with Gasteiger partial charge in [-0.05, 0) is 23.8 Å². The SMILES string of the molecule is CCSc1cccc(NCC(CC)CC)c1C(=O)O. The van der Waals surface area contributed by atoms with E-state index in [9.17, 15) is 9.90 Å². The zero-order valence-electron chi connectivity index (χ0n) is 11.9. The van der Waals surface area contributed by atoms with Gasteiger partial charge in [0, 0.05) is 17.1 Å². The Bertz CT molecular complexity index is 417. The Morgan fingerprint density at radius 1 is 1.32 bits per heavy atom. The third kappa shape index (κ3) is 4.46. The van der Waals surface area contributed by atoms with Crippen molar-refractivity contribution < 1.29 is 9.90 Å². The fourth-order valence-corrected chi connectivity index (χ4v) is 2.83. The first-order chi connectivity index (χ1) is 9.13. The van der Waals surface area contributed by atoms with Crippen LogP contribution in [-0.2, 0) is 0 Å². The van der Waals surface area contributed by atoms with E-state index < -0.39 is 5.97 Å². The Balaban J connectivity index is 2.93. The zero-order valence-corrected chi connectivity index (χ0v) is 12.7. The highest BCUT2D eigenvalue weighted by atomic mass is 32.2. The van der Waals surface area contributed by atoms with Gasteiger partial charge in [0.15, 0.2) is 0 Å². The number of carboxylic acid groups (broad SMARTS) is 1. The van der Waals surface area contributed by atoms with E-state index >= 15 is 0 Å². The molecule has 0 aliphatic heterocycles. The summed E-state index contributed by atoms with van der Waals surface area (Å²) in [6, 6.07) is 5.64. The van der Waals surface area contributed by atoms with Gasteiger partial charge in [-0.3, -0.25) is 0 Å². The largest absolute Gasteiger partial charge is 0.478 e. The van der Waals surface area contributed by atoms with E-state index in [2.05, 4.69) is 19.2 Å². The first-order valence-electron chi connectivity index (χ1n) is 6.86. The number of hydrogen-bond acceptors (Lipinski definition) is 3. The number of rotatable bonds is 8. The van der Waals surface area contributed by atoms with Gasteiger partial charge < -0.3 is 10.4 Å². The first-order valence-corrected chi connectivity index (χ1v) is 7.85. The van der Waals surface area contributed by atoms with Crippen molar-refractivity contribution >= 4 is 23.4 Å². The van der Waals surface area contributed by atoms with E-state index in [1.165, 1.54) is 0 Å². The summed E-state index contributed by atoms with van der Waals surface area (Å²) in [6.07, 6.45) is 2.21. The van der Waals surface area contributed by atoms with Gasteiger partial charge in [-0.25, -0.2) is 4.79 Å². The molecule has 0 atom stereocenters. The van der Waals surface area contributed by atoms with E-state index in [0.29, 0.717) is 11.5 Å². The van der Waals surface area contributed by atoms with Crippen molar-refractivity contribution in [1.29, 1.82) is 0 Å². The molecular weight excluding hydrogens is 258 g/mol. The van der Waals surface area contributed by atoms with Crippen LogP contribution >= 0.6 is 11.8 Å². The molecule has 0 amide bonds. The topological polar surface area (TPSA) is 49.3 Å². The number of anilines is 1. The molecule has 106 valence electrons. The van der Waals surface area contributed by atoms with E-state index in [-0.39, 0.29) is 0 Å². The molecule has 0 fully saturated rings. The van der Waals surface area contributed by atoms with Crippen molar-refractivity contribution in [3.05, 3.63) is 23.8 Å². The maximum absolute atomic E-state index is 11.4. The van der Waals surface area contributed by atoms with Gasteiger partial charge in [0.2, 0.25) is 0 Å². The second-order valence-electron chi connectivity index (χ2n) is 4.48. The van der Waals surface area contributed by atoms with E-state index in [4.69, 9.17) is 0 Å². The molecule has 0 aromatic heterocycles. The molecule has 0 aliphatic carbocycles. The minimum atomic E-state index is -0.858. The molecule has 1 rings (SSSR count). The summed E-state index contributed by atoms with van der Waals surface area (Å²) in [5.74, 6) is 0.601. The standard InChI is InChI=1S/C15H23NO2S/c1-4-11(5-2)10-16-12-8-7-9-13(19-6-3)14(12)15(17)18/h7-9,11,16H,4-6,10H2,1-3H3,(H,17,18). The van der Waals surface area contributed by atoms with Crippen LogP contribution in [-0.4, -0.2) is 23.4 Å². The van der Waals surface area contributed by atoms with Gasteiger partial charge in [-0.15, -0.1) is 11.8 Å². The average Bonchev–Trinajstić information content (AvgIpc) is 2.40. The lowest BCUT2D eigenvalue weighted by Crippen LogP contribution is -2.15. The highest BCUT2D eigenvalue weighted by Gasteiger charge is 2.16. The summed E-state index contributed by atoms with van der Waals surface area (Å²) in [6.45, 7) is 7.18. The number of nitrogens with one attached hydrogen (secondary N) is 1.